The molecule has 2 N–H and O–H groups in total. The Hall–Kier alpha value is -2.16. The van der Waals surface area contributed by atoms with Crippen molar-refractivity contribution >= 4 is 56.5 Å². The number of hydrogen-bond donors (Lipinski definition) is 2. The monoisotopic (exact) mass is 461 g/mol. The number of nitrogens with one attached hydrogen (secondary N) is 2. The zero-order valence-corrected chi connectivity index (χ0v) is 17.4. The van der Waals surface area contributed by atoms with Crippen LogP contribution in [0.3, 0.4) is 0 Å². The number of nitrogens with zero attached hydrogens (tertiary/aromatic N) is 1. The Bertz CT molecular complexity index is 931. The Labute approximate surface area is 173 Å². The molecule has 27 heavy (non-hydrogen) atoms. The number of thiazole rings is 1. The second-order valence-electron chi connectivity index (χ2n) is 5.46. The molecule has 3 aromatic rings. The van der Waals surface area contributed by atoms with Crippen LogP contribution in [-0.2, 0) is 9.59 Å². The fourth-order valence-corrected chi connectivity index (χ4v) is 4.23. The minimum absolute atomic E-state index is 0.0755. The first kappa shape index (κ1) is 19.6. The van der Waals surface area contributed by atoms with Crippen LogP contribution in [0.4, 0.5) is 5.69 Å². The molecule has 0 aliphatic carbocycles. The van der Waals surface area contributed by atoms with E-state index in [2.05, 4.69) is 31.5 Å². The summed E-state index contributed by atoms with van der Waals surface area (Å²) in [6.07, 6.45) is 0. The molecule has 0 aliphatic rings. The molecule has 1 aromatic heterocycles. The van der Waals surface area contributed by atoms with Crippen LogP contribution < -0.4 is 10.6 Å². The predicted octanol–water partition coefficient (Wildman–Crippen LogP) is 4.42. The van der Waals surface area contributed by atoms with E-state index in [-0.39, 0.29) is 24.1 Å². The minimum atomic E-state index is -0.277. The molecule has 0 bridgehead atoms. The largest absolute Gasteiger partial charge is 0.346 e. The highest BCUT2D eigenvalue weighted by Crippen LogP contribution is 2.28. The lowest BCUT2D eigenvalue weighted by Gasteiger charge is -2.08. The smallest absolute Gasteiger partial charge is 0.243 e. The Morgan fingerprint density at radius 2 is 1.78 bits per heavy atom. The molecule has 2 aromatic carbocycles. The van der Waals surface area contributed by atoms with E-state index >= 15 is 0 Å². The van der Waals surface area contributed by atoms with Crippen LogP contribution in [0, 0.1) is 0 Å². The number of anilines is 1. The van der Waals surface area contributed by atoms with Crippen molar-refractivity contribution < 1.29 is 9.59 Å². The van der Waals surface area contributed by atoms with Gasteiger partial charge in [0.2, 0.25) is 11.8 Å². The van der Waals surface area contributed by atoms with Gasteiger partial charge in [-0.3, -0.25) is 9.59 Å². The Morgan fingerprint density at radius 3 is 2.56 bits per heavy atom. The molecule has 0 fully saturated rings. The normalized spacial score (nSPS) is 10.4. The number of hydrogen-bond acceptors (Lipinski definition) is 5. The molecule has 5 nitrogen and oxygen atoms in total. The van der Waals surface area contributed by atoms with E-state index in [1.165, 1.54) is 23.1 Å². The van der Waals surface area contributed by atoms with Gasteiger partial charge in [-0.25, -0.2) is 4.98 Å². The lowest BCUT2D eigenvalue weighted by atomic mass is 10.2. The fourth-order valence-electron chi connectivity index (χ4n) is 2.18. The summed E-state index contributed by atoms with van der Waals surface area (Å²) in [6.45, 7) is -0.0755. The molecule has 0 saturated heterocycles. The van der Waals surface area contributed by atoms with Gasteiger partial charge in [0.25, 0.3) is 0 Å². The topological polar surface area (TPSA) is 71.1 Å². The zero-order valence-electron chi connectivity index (χ0n) is 14.1. The first-order valence-corrected chi connectivity index (χ1v) is 10.7. The molecule has 0 unspecified atom stereocenters. The van der Waals surface area contributed by atoms with Crippen molar-refractivity contribution in [3.05, 3.63) is 64.5 Å². The lowest BCUT2D eigenvalue weighted by molar-refractivity contribution is -0.122. The summed E-state index contributed by atoms with van der Waals surface area (Å²) in [7, 11) is 0. The number of carbonyl (C=O) groups excluding carboxylic acids is 2. The first-order valence-electron chi connectivity index (χ1n) is 8.06. The van der Waals surface area contributed by atoms with E-state index < -0.39 is 0 Å². The second-order valence-corrected chi connectivity index (χ2v) is 8.39. The molecule has 3 rings (SSSR count). The predicted molar refractivity (Wildman–Crippen MR) is 114 cm³/mol. The average Bonchev–Trinajstić information content (AvgIpc) is 3.16. The number of halogens is 1. The molecular formula is C19H16BrN3O2S2. The van der Waals surface area contributed by atoms with Crippen molar-refractivity contribution in [3.63, 3.8) is 0 Å². The van der Waals surface area contributed by atoms with Gasteiger partial charge in [-0.05, 0) is 28.1 Å². The van der Waals surface area contributed by atoms with Gasteiger partial charge < -0.3 is 10.6 Å². The maximum absolute atomic E-state index is 12.0. The fraction of sp³-hybridized carbons (Fsp3) is 0.105. The summed E-state index contributed by atoms with van der Waals surface area (Å²) in [6, 6.07) is 17.2. The molecule has 0 atom stereocenters. The SMILES string of the molecule is O=C(CSc1nc(-c2ccccc2)cs1)NCC(=O)Nc1ccccc1Br. The van der Waals surface area contributed by atoms with E-state index in [1.54, 1.807) is 6.07 Å². The maximum Gasteiger partial charge on any atom is 0.243 e. The van der Waals surface area contributed by atoms with Crippen LogP contribution in [0.25, 0.3) is 11.3 Å². The zero-order chi connectivity index (χ0) is 19.1. The summed E-state index contributed by atoms with van der Waals surface area (Å²) in [4.78, 5) is 28.4. The third-order valence-electron chi connectivity index (χ3n) is 3.47. The molecule has 2 amide bonds. The van der Waals surface area contributed by atoms with Crippen LogP contribution in [0.15, 0.2) is 68.8 Å². The van der Waals surface area contributed by atoms with Crippen molar-refractivity contribution in [2.45, 2.75) is 4.34 Å². The number of rotatable bonds is 7. The third kappa shape index (κ3) is 5.92. The van der Waals surface area contributed by atoms with E-state index in [9.17, 15) is 9.59 Å². The number of aromatic nitrogens is 1. The Kier molecular flexibility index (Phi) is 7.03. The standard InChI is InChI=1S/C19H16BrN3O2S2/c20-14-8-4-5-9-15(14)22-17(24)10-21-18(25)12-27-19-23-16(11-26-19)13-6-2-1-3-7-13/h1-9,11H,10,12H2,(H,21,25)(H,22,24). The summed E-state index contributed by atoms with van der Waals surface area (Å²) >= 11 is 6.22. The minimum Gasteiger partial charge on any atom is -0.346 e. The number of amides is 2. The van der Waals surface area contributed by atoms with Crippen molar-refractivity contribution in [3.8, 4) is 11.3 Å². The number of para-hydroxylation sites is 1. The van der Waals surface area contributed by atoms with Gasteiger partial charge in [0.05, 0.1) is 23.7 Å². The highest BCUT2D eigenvalue weighted by molar-refractivity contribution is 9.10. The van der Waals surface area contributed by atoms with Crippen LogP contribution in [-0.4, -0.2) is 29.1 Å². The first-order chi connectivity index (χ1) is 13.1. The Balaban J connectivity index is 1.43. The molecule has 8 heteroatoms. The van der Waals surface area contributed by atoms with Crippen LogP contribution in [0.1, 0.15) is 0 Å². The van der Waals surface area contributed by atoms with Crippen molar-refractivity contribution in [2.24, 2.45) is 0 Å². The average molecular weight is 462 g/mol. The molecule has 1 heterocycles. The lowest BCUT2D eigenvalue weighted by Crippen LogP contribution is -2.33. The summed E-state index contributed by atoms with van der Waals surface area (Å²) in [5, 5.41) is 7.34. The molecular weight excluding hydrogens is 446 g/mol. The summed E-state index contributed by atoms with van der Waals surface area (Å²) in [5.74, 6) is -0.274. The number of thioether (sulfide) groups is 1. The van der Waals surface area contributed by atoms with Crippen LogP contribution in [0.5, 0.6) is 0 Å². The summed E-state index contributed by atoms with van der Waals surface area (Å²) < 4.78 is 1.61. The van der Waals surface area contributed by atoms with E-state index in [1.807, 2.05) is 53.9 Å². The van der Waals surface area contributed by atoms with Gasteiger partial charge >= 0.3 is 0 Å². The van der Waals surface area contributed by atoms with E-state index in [0.717, 1.165) is 20.1 Å². The molecule has 138 valence electrons. The van der Waals surface area contributed by atoms with Gasteiger partial charge in [-0.15, -0.1) is 11.3 Å². The molecule has 0 spiro atoms. The second kappa shape index (κ2) is 9.68. The van der Waals surface area contributed by atoms with Crippen molar-refractivity contribution in [1.82, 2.24) is 10.3 Å². The van der Waals surface area contributed by atoms with Gasteiger partial charge in [0.1, 0.15) is 0 Å². The molecule has 0 radical (unpaired) electrons. The molecule has 0 saturated carbocycles. The third-order valence-corrected chi connectivity index (χ3v) is 6.19. The van der Waals surface area contributed by atoms with Crippen molar-refractivity contribution in [1.29, 1.82) is 0 Å². The van der Waals surface area contributed by atoms with Gasteiger partial charge in [-0.2, -0.15) is 0 Å². The summed E-state index contributed by atoms with van der Waals surface area (Å²) in [5.41, 5.74) is 2.62. The van der Waals surface area contributed by atoms with Crippen LogP contribution in [0.2, 0.25) is 0 Å². The number of benzene rings is 2. The Morgan fingerprint density at radius 1 is 1.04 bits per heavy atom. The quantitative estimate of drug-likeness (QED) is 0.510. The van der Waals surface area contributed by atoms with Gasteiger partial charge in [0.15, 0.2) is 4.34 Å². The van der Waals surface area contributed by atoms with E-state index in [0.29, 0.717) is 5.69 Å². The number of carbonyl (C=O) groups is 2. The maximum atomic E-state index is 12.0. The highest BCUT2D eigenvalue weighted by atomic mass is 79.9. The highest BCUT2D eigenvalue weighted by Gasteiger charge is 2.10. The van der Waals surface area contributed by atoms with Gasteiger partial charge in [-0.1, -0.05) is 54.2 Å². The van der Waals surface area contributed by atoms with Crippen molar-refractivity contribution in [2.75, 3.05) is 17.6 Å². The van der Waals surface area contributed by atoms with E-state index in [4.69, 9.17) is 0 Å². The van der Waals surface area contributed by atoms with Gasteiger partial charge in [0, 0.05) is 15.4 Å². The molecule has 0 aliphatic heterocycles. The van der Waals surface area contributed by atoms with Crippen LogP contribution >= 0.6 is 39.0 Å².